The van der Waals surface area contributed by atoms with Crippen molar-refractivity contribution in [2.75, 3.05) is 83.8 Å². The van der Waals surface area contributed by atoms with Crippen LogP contribution in [0, 0.1) is 0 Å². The van der Waals surface area contributed by atoms with Gasteiger partial charge in [0.1, 0.15) is 6.04 Å². The van der Waals surface area contributed by atoms with Gasteiger partial charge in [0.05, 0.1) is 70.6 Å². The average molecular weight is 612 g/mol. The molecule has 12 nitrogen and oxygen atoms in total. The predicted octanol–water partition coefficient (Wildman–Crippen LogP) is 2.38. The number of fused-ring (bicyclic) bond motifs is 1. The first-order valence-electron chi connectivity index (χ1n) is 14.6. The van der Waals surface area contributed by atoms with Crippen molar-refractivity contribution < 1.29 is 42.9 Å². The number of nitrogens with zero attached hydrogens (tertiary/aromatic N) is 1. The van der Waals surface area contributed by atoms with E-state index in [0.29, 0.717) is 71.7 Å². The molecule has 0 aliphatic carbocycles. The SMILES string of the molecule is O=C1CCC(N2C(=O)c3cccc(NCCOCCOCCOCCOCCOCCCCCCCl)c3C2=O)C(=O)N1. The first kappa shape index (κ1) is 33.9. The fraction of sp³-hybridized carbons (Fsp3) is 0.655. The normalized spacial score (nSPS) is 16.7. The topological polar surface area (TPSA) is 142 Å². The summed E-state index contributed by atoms with van der Waals surface area (Å²) in [7, 11) is 0. The van der Waals surface area contributed by atoms with Crippen LogP contribution in [0.1, 0.15) is 59.2 Å². The summed E-state index contributed by atoms with van der Waals surface area (Å²) in [4.78, 5) is 50.7. The molecule has 1 aromatic rings. The Labute approximate surface area is 251 Å². The van der Waals surface area contributed by atoms with E-state index in [-0.39, 0.29) is 24.0 Å². The summed E-state index contributed by atoms with van der Waals surface area (Å²) in [6.45, 7) is 5.37. The molecular formula is C29H42ClN3O9. The molecule has 3 rings (SSSR count). The molecule has 0 bridgehead atoms. The number of carbonyl (C=O) groups is 4. The van der Waals surface area contributed by atoms with Crippen LogP contribution < -0.4 is 10.6 Å². The summed E-state index contributed by atoms with van der Waals surface area (Å²) in [5.41, 5.74) is 0.939. The lowest BCUT2D eigenvalue weighted by atomic mass is 10.0. The van der Waals surface area contributed by atoms with Crippen LogP contribution in [0.25, 0.3) is 0 Å². The number of anilines is 1. The molecule has 1 fully saturated rings. The molecule has 13 heteroatoms. The molecule has 4 amide bonds. The third-order valence-electron chi connectivity index (χ3n) is 6.69. The predicted molar refractivity (Wildman–Crippen MR) is 155 cm³/mol. The number of benzene rings is 1. The van der Waals surface area contributed by atoms with Crippen LogP contribution in [0.2, 0.25) is 0 Å². The van der Waals surface area contributed by atoms with E-state index in [4.69, 9.17) is 35.3 Å². The smallest absolute Gasteiger partial charge is 0.264 e. The minimum Gasteiger partial charge on any atom is -0.382 e. The molecule has 2 aliphatic heterocycles. The number of rotatable bonds is 23. The number of amides is 4. The van der Waals surface area contributed by atoms with Gasteiger partial charge in [-0.2, -0.15) is 0 Å². The quantitative estimate of drug-likeness (QED) is 0.108. The fourth-order valence-electron chi connectivity index (χ4n) is 4.55. The van der Waals surface area contributed by atoms with E-state index in [2.05, 4.69) is 10.6 Å². The van der Waals surface area contributed by atoms with Crippen molar-refractivity contribution in [3.8, 4) is 0 Å². The van der Waals surface area contributed by atoms with Crippen LogP contribution >= 0.6 is 11.6 Å². The van der Waals surface area contributed by atoms with E-state index >= 15 is 0 Å². The van der Waals surface area contributed by atoms with Gasteiger partial charge in [0.25, 0.3) is 11.8 Å². The van der Waals surface area contributed by atoms with E-state index < -0.39 is 29.7 Å². The molecular weight excluding hydrogens is 570 g/mol. The van der Waals surface area contributed by atoms with Crippen molar-refractivity contribution in [1.29, 1.82) is 0 Å². The van der Waals surface area contributed by atoms with Crippen molar-refractivity contribution in [2.45, 2.75) is 44.6 Å². The number of unbranched alkanes of at least 4 members (excludes halogenated alkanes) is 3. The van der Waals surface area contributed by atoms with Crippen LogP contribution in [0.3, 0.4) is 0 Å². The maximum absolute atomic E-state index is 13.1. The van der Waals surface area contributed by atoms with E-state index in [1.807, 2.05) is 0 Å². The Kier molecular flexibility index (Phi) is 15.8. The second kappa shape index (κ2) is 19.6. The molecule has 2 N–H and O–H groups in total. The Balaban J connectivity index is 1.17. The Morgan fingerprint density at radius 3 is 1.98 bits per heavy atom. The highest BCUT2D eigenvalue weighted by Gasteiger charge is 2.45. The minimum absolute atomic E-state index is 0.0746. The second-order valence-electron chi connectivity index (χ2n) is 9.77. The van der Waals surface area contributed by atoms with Crippen LogP contribution in [0.4, 0.5) is 5.69 Å². The lowest BCUT2D eigenvalue weighted by molar-refractivity contribution is -0.136. The van der Waals surface area contributed by atoms with E-state index in [1.54, 1.807) is 18.2 Å². The number of hydrogen-bond donors (Lipinski definition) is 2. The third kappa shape index (κ3) is 10.9. The lowest BCUT2D eigenvalue weighted by Gasteiger charge is -2.27. The number of carbonyl (C=O) groups excluding carboxylic acids is 4. The number of halogens is 1. The van der Waals surface area contributed by atoms with Crippen LogP contribution in [0.15, 0.2) is 18.2 Å². The van der Waals surface area contributed by atoms with Gasteiger partial charge in [-0.1, -0.05) is 18.9 Å². The van der Waals surface area contributed by atoms with E-state index in [0.717, 1.165) is 43.1 Å². The average Bonchev–Trinajstić information content (AvgIpc) is 3.23. The van der Waals surface area contributed by atoms with Crippen LogP contribution in [-0.4, -0.2) is 113 Å². The summed E-state index contributed by atoms with van der Waals surface area (Å²) in [5.74, 6) is -1.41. The number of piperidine rings is 1. The lowest BCUT2D eigenvalue weighted by Crippen LogP contribution is -2.54. The monoisotopic (exact) mass is 611 g/mol. The zero-order valence-electron chi connectivity index (χ0n) is 24.0. The van der Waals surface area contributed by atoms with Gasteiger partial charge in [-0.05, 0) is 31.4 Å². The number of alkyl halides is 1. The summed E-state index contributed by atoms with van der Waals surface area (Å²) >= 11 is 5.65. The molecule has 0 radical (unpaired) electrons. The Morgan fingerprint density at radius 2 is 1.36 bits per heavy atom. The molecule has 234 valence electrons. The molecule has 0 aromatic heterocycles. The fourth-order valence-corrected chi connectivity index (χ4v) is 4.74. The molecule has 1 atom stereocenters. The summed E-state index contributed by atoms with van der Waals surface area (Å²) in [6, 6.07) is 3.93. The molecule has 0 spiro atoms. The maximum atomic E-state index is 13.1. The second-order valence-corrected chi connectivity index (χ2v) is 10.1. The molecule has 2 aliphatic rings. The van der Waals surface area contributed by atoms with Crippen molar-refractivity contribution in [3.63, 3.8) is 0 Å². The molecule has 1 saturated heterocycles. The van der Waals surface area contributed by atoms with Gasteiger partial charge >= 0.3 is 0 Å². The Bertz CT molecular complexity index is 1030. The van der Waals surface area contributed by atoms with Crippen LogP contribution in [0.5, 0.6) is 0 Å². The zero-order valence-corrected chi connectivity index (χ0v) is 24.8. The minimum atomic E-state index is -0.998. The highest BCUT2D eigenvalue weighted by Crippen LogP contribution is 2.32. The Hall–Kier alpha value is -2.61. The number of ether oxygens (including phenoxy) is 5. The van der Waals surface area contributed by atoms with E-state index in [1.165, 1.54) is 0 Å². The number of imide groups is 2. The van der Waals surface area contributed by atoms with Gasteiger partial charge < -0.3 is 29.0 Å². The maximum Gasteiger partial charge on any atom is 0.264 e. The molecule has 1 unspecified atom stereocenters. The zero-order chi connectivity index (χ0) is 30.0. The van der Waals surface area contributed by atoms with Crippen molar-refractivity contribution in [3.05, 3.63) is 29.3 Å². The molecule has 42 heavy (non-hydrogen) atoms. The third-order valence-corrected chi connectivity index (χ3v) is 6.96. The molecule has 2 heterocycles. The number of nitrogens with one attached hydrogen (secondary N) is 2. The largest absolute Gasteiger partial charge is 0.382 e. The standard InChI is InChI=1S/C29H42ClN3O9/c30-10-3-1-2-4-12-38-14-16-40-18-20-42-21-19-41-17-15-39-13-11-31-23-7-5-6-22-26(23)29(37)33(28(22)36)24-8-9-25(34)32-27(24)35/h5-7,24,31H,1-4,8-21H2,(H,32,34,35). The van der Waals surface area contributed by atoms with E-state index in [9.17, 15) is 19.2 Å². The Morgan fingerprint density at radius 1 is 0.762 bits per heavy atom. The van der Waals surface area contributed by atoms with Crippen molar-refractivity contribution in [2.24, 2.45) is 0 Å². The van der Waals surface area contributed by atoms with Gasteiger partial charge in [-0.25, -0.2) is 0 Å². The molecule has 1 aromatic carbocycles. The van der Waals surface area contributed by atoms with Gasteiger partial charge in [-0.15, -0.1) is 11.6 Å². The first-order valence-corrected chi connectivity index (χ1v) is 15.1. The molecule has 0 saturated carbocycles. The highest BCUT2D eigenvalue weighted by atomic mass is 35.5. The van der Waals surface area contributed by atoms with Crippen LogP contribution in [-0.2, 0) is 33.3 Å². The van der Waals surface area contributed by atoms with Gasteiger partial charge in [0.2, 0.25) is 11.8 Å². The summed E-state index contributed by atoms with van der Waals surface area (Å²) in [6.07, 6.45) is 4.60. The summed E-state index contributed by atoms with van der Waals surface area (Å²) < 4.78 is 27.5. The van der Waals surface area contributed by atoms with Gasteiger partial charge in [-0.3, -0.25) is 29.4 Å². The van der Waals surface area contributed by atoms with Gasteiger partial charge in [0, 0.05) is 31.1 Å². The van der Waals surface area contributed by atoms with Crippen molar-refractivity contribution in [1.82, 2.24) is 10.2 Å². The first-order chi connectivity index (χ1) is 20.5. The number of hydrogen-bond acceptors (Lipinski definition) is 10. The van der Waals surface area contributed by atoms with Crippen molar-refractivity contribution >= 4 is 40.9 Å². The summed E-state index contributed by atoms with van der Waals surface area (Å²) in [5, 5.41) is 5.33. The highest BCUT2D eigenvalue weighted by molar-refractivity contribution is 6.25. The van der Waals surface area contributed by atoms with Gasteiger partial charge in [0.15, 0.2) is 0 Å².